The lowest BCUT2D eigenvalue weighted by molar-refractivity contribution is -0.139. The lowest BCUT2D eigenvalue weighted by Crippen LogP contribution is -2.37. The molecular formula is C25H27N3O4S. The number of carbonyl (C=O) groups excluding carboxylic acids is 1. The molecule has 7 nitrogen and oxygen atoms in total. The van der Waals surface area contributed by atoms with E-state index in [2.05, 4.69) is 21.8 Å². The highest BCUT2D eigenvalue weighted by Gasteiger charge is 2.36. The second-order valence-corrected chi connectivity index (χ2v) is 10.1. The van der Waals surface area contributed by atoms with Crippen LogP contribution < -0.4 is 14.8 Å². The molecule has 6 rings (SSSR count). The van der Waals surface area contributed by atoms with Crippen molar-refractivity contribution in [2.24, 2.45) is 0 Å². The second kappa shape index (κ2) is 8.68. The van der Waals surface area contributed by atoms with E-state index in [1.54, 1.807) is 11.9 Å². The molecule has 0 bridgehead atoms. The molecular weight excluding hydrogens is 438 g/mol. The van der Waals surface area contributed by atoms with Crippen molar-refractivity contribution in [1.29, 1.82) is 0 Å². The number of benzene rings is 2. The van der Waals surface area contributed by atoms with Gasteiger partial charge in [0.2, 0.25) is 0 Å². The maximum Gasteiger partial charge on any atom is 0.256 e. The van der Waals surface area contributed by atoms with Crippen LogP contribution in [0, 0.1) is 0 Å². The van der Waals surface area contributed by atoms with Gasteiger partial charge >= 0.3 is 0 Å². The van der Waals surface area contributed by atoms with Crippen LogP contribution in [0.25, 0.3) is 0 Å². The zero-order chi connectivity index (χ0) is 22.4. The molecule has 0 saturated heterocycles. The number of carbonyl (C=O) groups is 1. The van der Waals surface area contributed by atoms with Gasteiger partial charge in [0.05, 0.1) is 0 Å². The molecule has 172 valence electrons. The van der Waals surface area contributed by atoms with Crippen molar-refractivity contribution in [1.82, 2.24) is 14.5 Å². The highest BCUT2D eigenvalue weighted by molar-refractivity contribution is 7.97. The monoisotopic (exact) mass is 465 g/mol. The molecule has 0 saturated carbocycles. The molecule has 2 aromatic rings. The van der Waals surface area contributed by atoms with Crippen molar-refractivity contribution >= 4 is 17.9 Å². The summed E-state index contributed by atoms with van der Waals surface area (Å²) in [6.07, 6.45) is -0.252. The summed E-state index contributed by atoms with van der Waals surface area (Å²) >= 11 is 1.71. The Balaban J connectivity index is 1.08. The van der Waals surface area contributed by atoms with Crippen molar-refractivity contribution in [2.45, 2.75) is 24.0 Å². The Morgan fingerprint density at radius 1 is 1.03 bits per heavy atom. The average Bonchev–Trinajstić information content (AvgIpc) is 3.41. The smallest absolute Gasteiger partial charge is 0.256 e. The number of aliphatic hydroxyl groups is 1. The van der Waals surface area contributed by atoms with Crippen LogP contribution in [0.5, 0.6) is 11.5 Å². The zero-order valence-electron chi connectivity index (χ0n) is 18.4. The van der Waals surface area contributed by atoms with Crippen LogP contribution in [0.3, 0.4) is 0 Å². The van der Waals surface area contributed by atoms with E-state index in [-0.39, 0.29) is 5.91 Å². The molecule has 8 heteroatoms. The first kappa shape index (κ1) is 21.0. The Bertz CT molecular complexity index is 1120. The lowest BCUT2D eigenvalue weighted by Gasteiger charge is -2.27. The Morgan fingerprint density at radius 3 is 2.64 bits per heavy atom. The van der Waals surface area contributed by atoms with E-state index in [9.17, 15) is 9.90 Å². The molecule has 2 aromatic carbocycles. The van der Waals surface area contributed by atoms with E-state index in [1.807, 2.05) is 29.2 Å². The minimum Gasteiger partial charge on any atom is -0.486 e. The normalized spacial score (nSPS) is 20.6. The van der Waals surface area contributed by atoms with Gasteiger partial charge in [-0.2, -0.15) is 0 Å². The first-order valence-corrected chi connectivity index (χ1v) is 12.2. The van der Waals surface area contributed by atoms with E-state index in [0.29, 0.717) is 26.3 Å². The Hall–Kier alpha value is -2.52. The summed E-state index contributed by atoms with van der Waals surface area (Å²) in [5, 5.41) is 14.3. The zero-order valence-corrected chi connectivity index (χ0v) is 19.2. The molecule has 0 fully saturated rings. The van der Waals surface area contributed by atoms with Crippen LogP contribution >= 0.6 is 11.9 Å². The summed E-state index contributed by atoms with van der Waals surface area (Å²) < 4.78 is 13.6. The van der Waals surface area contributed by atoms with Gasteiger partial charge in [-0.3, -0.25) is 4.79 Å². The molecule has 2 N–H and O–H groups in total. The van der Waals surface area contributed by atoms with Crippen LogP contribution in [-0.4, -0.2) is 66.2 Å². The number of nitrogens with one attached hydrogen (secondary N) is 1. The third-order valence-electron chi connectivity index (χ3n) is 6.76. The van der Waals surface area contributed by atoms with Gasteiger partial charge < -0.3 is 24.8 Å². The predicted octanol–water partition coefficient (Wildman–Crippen LogP) is 2.30. The Kier molecular flexibility index (Phi) is 5.54. The molecule has 0 aliphatic carbocycles. The standard InChI is InChI=1S/C25H27N3O4S/c29-24(21-3-1-2-16-11-26-7-6-20(16)21)25(30)27-12-17-14-28(15-18(17)13-27)33-19-4-5-22-23(10-19)32-9-8-31-22/h1-5,10,24,26,29H,6-9,11-15H2. The quantitative estimate of drug-likeness (QED) is 0.530. The van der Waals surface area contributed by atoms with Crippen LogP contribution in [-0.2, 0) is 17.8 Å². The molecule has 0 aromatic heterocycles. The molecule has 0 radical (unpaired) electrons. The number of aliphatic hydroxyl groups excluding tert-OH is 1. The van der Waals surface area contributed by atoms with Gasteiger partial charge in [-0.1, -0.05) is 18.2 Å². The number of nitrogens with zero attached hydrogens (tertiary/aromatic N) is 2. The predicted molar refractivity (Wildman–Crippen MR) is 125 cm³/mol. The highest BCUT2D eigenvalue weighted by Crippen LogP contribution is 2.38. The Morgan fingerprint density at radius 2 is 1.82 bits per heavy atom. The fraction of sp³-hybridized carbons (Fsp3) is 0.400. The number of fused-ring (bicyclic) bond motifs is 2. The molecule has 1 amide bonds. The minimum absolute atomic E-state index is 0.192. The Labute approximate surface area is 197 Å². The van der Waals surface area contributed by atoms with Crippen molar-refractivity contribution in [3.63, 3.8) is 0 Å². The van der Waals surface area contributed by atoms with Gasteiger partial charge in [0.15, 0.2) is 17.6 Å². The van der Waals surface area contributed by atoms with Gasteiger partial charge in [-0.15, -0.1) is 0 Å². The van der Waals surface area contributed by atoms with Gasteiger partial charge in [-0.05, 0) is 70.9 Å². The molecule has 0 spiro atoms. The van der Waals surface area contributed by atoms with E-state index in [1.165, 1.54) is 16.7 Å². The van der Waals surface area contributed by atoms with Gasteiger partial charge in [-0.25, -0.2) is 4.31 Å². The van der Waals surface area contributed by atoms with Crippen molar-refractivity contribution in [2.75, 3.05) is 45.9 Å². The topological polar surface area (TPSA) is 74.3 Å². The van der Waals surface area contributed by atoms with Gasteiger partial charge in [0.25, 0.3) is 5.91 Å². The molecule has 33 heavy (non-hydrogen) atoms. The highest BCUT2D eigenvalue weighted by atomic mass is 32.2. The van der Waals surface area contributed by atoms with Crippen molar-refractivity contribution < 1.29 is 19.4 Å². The third kappa shape index (κ3) is 4.01. The molecule has 1 unspecified atom stereocenters. The average molecular weight is 466 g/mol. The van der Waals surface area contributed by atoms with Crippen LogP contribution in [0.1, 0.15) is 22.8 Å². The van der Waals surface area contributed by atoms with Crippen molar-refractivity contribution in [3.05, 3.63) is 64.2 Å². The third-order valence-corrected chi connectivity index (χ3v) is 7.74. The molecule has 4 aliphatic rings. The van der Waals surface area contributed by atoms with E-state index in [0.717, 1.165) is 60.1 Å². The number of hydrogen-bond donors (Lipinski definition) is 2. The van der Waals surface area contributed by atoms with E-state index < -0.39 is 6.10 Å². The van der Waals surface area contributed by atoms with E-state index >= 15 is 0 Å². The fourth-order valence-electron chi connectivity index (χ4n) is 5.12. The summed E-state index contributed by atoms with van der Waals surface area (Å²) in [5.74, 6) is 1.41. The van der Waals surface area contributed by atoms with Gasteiger partial charge in [0, 0.05) is 37.6 Å². The summed E-state index contributed by atoms with van der Waals surface area (Å²) in [5.41, 5.74) is 5.65. The SMILES string of the molecule is O=C(C(O)c1cccc2c1CCNC2)N1CC2=C(CN(Sc3ccc4c(c3)OCCO4)C2)C1. The molecule has 4 heterocycles. The first-order chi connectivity index (χ1) is 16.2. The minimum atomic E-state index is -1.10. The van der Waals surface area contributed by atoms with Gasteiger partial charge in [0.1, 0.15) is 13.2 Å². The van der Waals surface area contributed by atoms with Crippen LogP contribution in [0.4, 0.5) is 0 Å². The fourth-order valence-corrected chi connectivity index (χ4v) is 6.15. The number of amides is 1. The first-order valence-electron chi connectivity index (χ1n) is 11.5. The maximum atomic E-state index is 13.2. The van der Waals surface area contributed by atoms with E-state index in [4.69, 9.17) is 9.47 Å². The number of rotatable bonds is 4. The second-order valence-electron chi connectivity index (χ2n) is 8.91. The molecule has 4 aliphatic heterocycles. The van der Waals surface area contributed by atoms with Crippen molar-refractivity contribution in [3.8, 4) is 11.5 Å². The number of ether oxygens (including phenoxy) is 2. The summed E-state index contributed by atoms with van der Waals surface area (Å²) in [6.45, 7) is 5.68. The largest absolute Gasteiger partial charge is 0.486 e. The van der Waals surface area contributed by atoms with Crippen LogP contribution in [0.2, 0.25) is 0 Å². The lowest BCUT2D eigenvalue weighted by atomic mass is 9.92. The summed E-state index contributed by atoms with van der Waals surface area (Å²) in [4.78, 5) is 16.1. The summed E-state index contributed by atoms with van der Waals surface area (Å²) in [7, 11) is 0. The van der Waals surface area contributed by atoms with Crippen LogP contribution in [0.15, 0.2) is 52.4 Å². The summed E-state index contributed by atoms with van der Waals surface area (Å²) in [6, 6.07) is 12.0. The molecule has 1 atom stereocenters. The number of hydrogen-bond acceptors (Lipinski definition) is 7. The maximum absolute atomic E-state index is 13.2.